The maximum Gasteiger partial charge on any atom is 0.472 e. The van der Waals surface area contributed by atoms with Crippen molar-refractivity contribution in [2.24, 2.45) is 0 Å². The van der Waals surface area contributed by atoms with Crippen molar-refractivity contribution in [2.45, 2.75) is 146 Å². The molecule has 1 fully saturated rings. The molecule has 6 N–H and O–H groups in total. The number of hydrogen-bond donors (Lipinski definition) is 6. The molecule has 0 aromatic carbocycles. The van der Waals surface area contributed by atoms with Crippen LogP contribution in [0.1, 0.15) is 104 Å². The molecule has 63 heavy (non-hydrogen) atoms. The lowest BCUT2D eigenvalue weighted by molar-refractivity contribution is -0.220. The molecule has 0 aromatic rings. The van der Waals surface area contributed by atoms with E-state index in [-0.39, 0.29) is 12.8 Å². The van der Waals surface area contributed by atoms with Gasteiger partial charge in [-0.2, -0.15) is 0 Å². The van der Waals surface area contributed by atoms with Crippen molar-refractivity contribution in [1.29, 1.82) is 0 Å². The molecule has 14 heteroatoms. The van der Waals surface area contributed by atoms with E-state index >= 15 is 0 Å². The first-order chi connectivity index (χ1) is 30.4. The minimum absolute atomic E-state index is 0.0570. The van der Waals surface area contributed by atoms with Crippen LogP contribution < -0.4 is 0 Å². The number of aliphatic hydroxyl groups excluding tert-OH is 5. The molecule has 1 aliphatic rings. The molecule has 1 aliphatic carbocycles. The normalized spacial score (nSPS) is 23.0. The summed E-state index contributed by atoms with van der Waals surface area (Å²) in [4.78, 5) is 35.6. The lowest BCUT2D eigenvalue weighted by Crippen LogP contribution is -2.64. The van der Waals surface area contributed by atoms with E-state index in [1.165, 1.54) is 0 Å². The third-order valence-corrected chi connectivity index (χ3v) is 10.0. The maximum absolute atomic E-state index is 12.8. The lowest BCUT2D eigenvalue weighted by Gasteiger charge is -2.41. The van der Waals surface area contributed by atoms with Gasteiger partial charge in [-0.15, -0.1) is 0 Å². The zero-order valence-corrected chi connectivity index (χ0v) is 37.9. The highest BCUT2D eigenvalue weighted by molar-refractivity contribution is 7.47. The summed E-state index contributed by atoms with van der Waals surface area (Å²) in [6.07, 6.45) is 41.2. The van der Waals surface area contributed by atoms with Gasteiger partial charge >= 0.3 is 19.8 Å². The van der Waals surface area contributed by atoms with E-state index in [4.69, 9.17) is 18.5 Å². The Bertz CT molecular complexity index is 1600. The number of phosphoric acid groups is 1. The lowest BCUT2D eigenvalue weighted by atomic mass is 9.85. The van der Waals surface area contributed by atoms with Crippen LogP contribution >= 0.6 is 7.82 Å². The average Bonchev–Trinajstić information content (AvgIpc) is 3.26. The van der Waals surface area contributed by atoms with Crippen molar-refractivity contribution >= 4 is 19.8 Å². The molecule has 0 radical (unpaired) electrons. The molecule has 0 saturated heterocycles. The first-order valence-electron chi connectivity index (χ1n) is 22.0. The van der Waals surface area contributed by atoms with Crippen LogP contribution in [0.15, 0.2) is 134 Å². The number of aliphatic hydroxyl groups is 5. The van der Waals surface area contributed by atoms with E-state index in [0.29, 0.717) is 19.3 Å². The monoisotopic (exact) mass is 900 g/mol. The largest absolute Gasteiger partial charge is 0.472 e. The first kappa shape index (κ1) is 57.0. The van der Waals surface area contributed by atoms with Gasteiger partial charge in [-0.05, 0) is 77.0 Å². The number of ether oxygens (including phenoxy) is 2. The Labute approximate surface area is 375 Å². The Balaban J connectivity index is 2.61. The summed E-state index contributed by atoms with van der Waals surface area (Å²) in [5.41, 5.74) is 0. The Hall–Kier alpha value is -4.01. The molecule has 6 unspecified atom stereocenters. The van der Waals surface area contributed by atoms with Gasteiger partial charge in [0.05, 0.1) is 13.0 Å². The van der Waals surface area contributed by atoms with E-state index in [1.807, 2.05) is 36.5 Å². The number of esters is 2. The highest BCUT2D eigenvalue weighted by atomic mass is 31.2. The summed E-state index contributed by atoms with van der Waals surface area (Å²) in [5, 5.41) is 50.1. The van der Waals surface area contributed by atoms with Crippen molar-refractivity contribution in [3.8, 4) is 0 Å². The molecule has 0 bridgehead atoms. The third-order valence-electron chi connectivity index (χ3n) is 9.03. The number of phosphoric ester groups is 1. The quantitative estimate of drug-likeness (QED) is 0.0208. The smallest absolute Gasteiger partial charge is 0.461 e. The Morgan fingerprint density at radius 1 is 0.492 bits per heavy atom. The van der Waals surface area contributed by atoms with Crippen LogP contribution in [0.25, 0.3) is 0 Å². The van der Waals surface area contributed by atoms with Gasteiger partial charge in [-0.25, -0.2) is 4.57 Å². The van der Waals surface area contributed by atoms with Gasteiger partial charge in [-0.3, -0.25) is 18.6 Å². The van der Waals surface area contributed by atoms with Gasteiger partial charge in [0.2, 0.25) is 0 Å². The highest BCUT2D eigenvalue weighted by Gasteiger charge is 2.51. The van der Waals surface area contributed by atoms with Crippen molar-refractivity contribution in [2.75, 3.05) is 13.2 Å². The zero-order valence-electron chi connectivity index (χ0n) is 37.0. The van der Waals surface area contributed by atoms with Gasteiger partial charge in [0.25, 0.3) is 0 Å². The third kappa shape index (κ3) is 29.9. The predicted molar refractivity (Wildman–Crippen MR) is 248 cm³/mol. The second kappa shape index (κ2) is 37.4. The van der Waals surface area contributed by atoms with E-state index in [0.717, 1.165) is 57.8 Å². The Kier molecular flexibility index (Phi) is 33.8. The van der Waals surface area contributed by atoms with Gasteiger partial charge in [0.1, 0.15) is 43.2 Å². The van der Waals surface area contributed by atoms with E-state index in [1.54, 1.807) is 12.2 Å². The molecule has 0 amide bonds. The van der Waals surface area contributed by atoms with Crippen LogP contribution in [0.2, 0.25) is 0 Å². The number of carbonyl (C=O) groups excluding carboxylic acids is 2. The van der Waals surface area contributed by atoms with E-state index < -0.39 is 75.7 Å². The standard InChI is InChI=1S/C49H73O13P/c1-3-5-7-9-11-13-15-17-19-20-21-22-24-26-28-30-32-34-36-38-43(51)61-41(40-60-63(57,58)62-49-47(55)45(53)44(52)46(54)48(49)56)39-59-42(50)37-35-33-31-29-27-25-23-18-16-14-12-10-8-6-4-2/h5-8,11-14,17-19,21-23,26-29,32-35,41,44-49,52-56H,3-4,9-10,15-16,20,24-25,30-31,36-40H2,1-2H3,(H,57,58)/b7-5-,8-6-,13-11-,14-12-,19-17-,22-21-,23-18-,28-26-,29-27-,34-32-,35-33-. The van der Waals surface area contributed by atoms with Crippen LogP contribution in [0.4, 0.5) is 0 Å². The molecular weight excluding hydrogens is 828 g/mol. The fraction of sp³-hybridized carbons (Fsp3) is 0.510. The summed E-state index contributed by atoms with van der Waals surface area (Å²) in [6, 6.07) is 0. The molecule has 13 nitrogen and oxygen atoms in total. The zero-order chi connectivity index (χ0) is 46.4. The number of carbonyl (C=O) groups is 2. The van der Waals surface area contributed by atoms with Crippen LogP contribution in [-0.2, 0) is 32.7 Å². The second-order valence-corrected chi connectivity index (χ2v) is 15.9. The van der Waals surface area contributed by atoms with Gasteiger partial charge in [0.15, 0.2) is 6.10 Å². The number of hydrogen-bond acceptors (Lipinski definition) is 12. The molecular formula is C49H73O13P. The molecule has 6 atom stereocenters. The molecule has 0 heterocycles. The predicted octanol–water partition coefficient (Wildman–Crippen LogP) is 8.38. The van der Waals surface area contributed by atoms with E-state index in [2.05, 4.69) is 98.9 Å². The Morgan fingerprint density at radius 3 is 1.24 bits per heavy atom. The fourth-order valence-corrected chi connectivity index (χ4v) is 6.53. The summed E-state index contributed by atoms with van der Waals surface area (Å²) >= 11 is 0. The minimum atomic E-state index is -5.17. The maximum atomic E-state index is 12.8. The minimum Gasteiger partial charge on any atom is -0.461 e. The molecule has 352 valence electrons. The summed E-state index contributed by atoms with van der Waals surface area (Å²) in [6.45, 7) is 2.89. The highest BCUT2D eigenvalue weighted by Crippen LogP contribution is 2.47. The topological polar surface area (TPSA) is 210 Å². The summed E-state index contributed by atoms with van der Waals surface area (Å²) in [5.74, 6) is -1.36. The molecule has 0 spiro atoms. The fourth-order valence-electron chi connectivity index (χ4n) is 5.56. The van der Waals surface area contributed by atoms with Gasteiger partial charge in [0, 0.05) is 6.42 Å². The average molecular weight is 901 g/mol. The summed E-state index contributed by atoms with van der Waals surface area (Å²) < 4.78 is 33.3. The Morgan fingerprint density at radius 2 is 0.841 bits per heavy atom. The van der Waals surface area contributed by atoms with Gasteiger partial charge < -0.3 is 39.9 Å². The molecule has 0 aromatic heterocycles. The first-order valence-corrected chi connectivity index (χ1v) is 23.5. The molecule has 1 rings (SSSR count). The van der Waals surface area contributed by atoms with Crippen LogP contribution in [0.5, 0.6) is 0 Å². The van der Waals surface area contributed by atoms with Crippen LogP contribution in [-0.4, -0.2) is 98.3 Å². The van der Waals surface area contributed by atoms with Gasteiger partial charge in [-0.1, -0.05) is 148 Å². The SMILES string of the molecule is CC/C=C\C/C=C\C/C=C\C/C=C\C/C=C\C/C=C\CCC(=O)OC(COC(=O)C/C=C\C/C=C\C/C=C\C/C=C\C/C=C\CC)COP(=O)(O)OC1C(O)C(O)C(O)C(O)C1O. The van der Waals surface area contributed by atoms with Crippen molar-refractivity contribution in [3.63, 3.8) is 0 Å². The number of rotatable bonds is 33. The van der Waals surface area contributed by atoms with Crippen molar-refractivity contribution in [3.05, 3.63) is 134 Å². The summed E-state index contributed by atoms with van der Waals surface area (Å²) in [7, 11) is -5.17. The van der Waals surface area contributed by atoms with Crippen LogP contribution in [0, 0.1) is 0 Å². The molecule has 1 saturated carbocycles. The number of allylic oxidation sites excluding steroid dienone is 21. The molecule has 0 aliphatic heterocycles. The van der Waals surface area contributed by atoms with Crippen molar-refractivity contribution < 1.29 is 63.1 Å². The van der Waals surface area contributed by atoms with Crippen molar-refractivity contribution in [1.82, 2.24) is 0 Å². The second-order valence-electron chi connectivity index (χ2n) is 14.4. The van der Waals surface area contributed by atoms with E-state index in [9.17, 15) is 44.6 Å². The van der Waals surface area contributed by atoms with Crippen LogP contribution in [0.3, 0.4) is 0 Å².